The number of hydrogen-bond acceptors (Lipinski definition) is 3. The van der Waals surface area contributed by atoms with Crippen LogP contribution in [-0.2, 0) is 10.2 Å². The highest BCUT2D eigenvalue weighted by atomic mass is 16.5. The van der Waals surface area contributed by atoms with Gasteiger partial charge in [0.1, 0.15) is 0 Å². The molecular weight excluding hydrogens is 224 g/mol. The van der Waals surface area contributed by atoms with E-state index in [2.05, 4.69) is 47.6 Å². The Hall–Kier alpha value is -0.900. The Balaban J connectivity index is 1.72. The summed E-state index contributed by atoms with van der Waals surface area (Å²) in [6, 6.07) is 11.4. The van der Waals surface area contributed by atoms with Crippen molar-refractivity contribution in [1.29, 1.82) is 0 Å². The van der Waals surface area contributed by atoms with Gasteiger partial charge >= 0.3 is 0 Å². The van der Waals surface area contributed by atoms with Gasteiger partial charge in [0.05, 0.1) is 13.2 Å². The molecule has 1 atom stereocenters. The SMILES string of the molecule is CN1CCNC(CC2(c3ccccc3)COC2)C1. The van der Waals surface area contributed by atoms with Gasteiger partial charge in [-0.25, -0.2) is 0 Å². The van der Waals surface area contributed by atoms with Crippen molar-refractivity contribution in [2.45, 2.75) is 17.9 Å². The molecule has 1 aromatic rings. The molecule has 3 nitrogen and oxygen atoms in total. The second-order valence-electron chi connectivity index (χ2n) is 5.76. The van der Waals surface area contributed by atoms with Crippen molar-refractivity contribution in [2.75, 3.05) is 39.9 Å². The molecule has 0 bridgehead atoms. The summed E-state index contributed by atoms with van der Waals surface area (Å²) in [6.45, 7) is 5.16. The zero-order chi connectivity index (χ0) is 12.4. The standard InChI is InChI=1S/C15H22N2O/c1-17-8-7-16-14(10-17)9-15(11-18-12-15)13-5-3-2-4-6-13/h2-6,14,16H,7-12H2,1H3. The first-order valence-corrected chi connectivity index (χ1v) is 6.84. The van der Waals surface area contributed by atoms with Crippen LogP contribution in [0.3, 0.4) is 0 Å². The van der Waals surface area contributed by atoms with E-state index in [4.69, 9.17) is 4.74 Å². The third kappa shape index (κ3) is 2.30. The lowest BCUT2D eigenvalue weighted by molar-refractivity contribution is -0.0706. The fourth-order valence-corrected chi connectivity index (χ4v) is 3.14. The highest BCUT2D eigenvalue weighted by Gasteiger charge is 2.42. The van der Waals surface area contributed by atoms with E-state index in [0.29, 0.717) is 6.04 Å². The maximum atomic E-state index is 5.52. The minimum atomic E-state index is 0.247. The van der Waals surface area contributed by atoms with Gasteiger partial charge in [-0.2, -0.15) is 0 Å². The quantitative estimate of drug-likeness (QED) is 0.868. The topological polar surface area (TPSA) is 24.5 Å². The van der Waals surface area contributed by atoms with Crippen molar-refractivity contribution >= 4 is 0 Å². The van der Waals surface area contributed by atoms with Crippen molar-refractivity contribution in [1.82, 2.24) is 10.2 Å². The fraction of sp³-hybridized carbons (Fsp3) is 0.600. The number of likely N-dealkylation sites (N-methyl/N-ethyl adjacent to an activating group) is 1. The molecule has 1 unspecified atom stereocenters. The van der Waals surface area contributed by atoms with E-state index < -0.39 is 0 Å². The minimum absolute atomic E-state index is 0.247. The molecule has 2 fully saturated rings. The largest absolute Gasteiger partial charge is 0.379 e. The molecule has 3 rings (SSSR count). The molecule has 0 radical (unpaired) electrons. The molecule has 1 aromatic carbocycles. The van der Waals surface area contributed by atoms with Crippen LogP contribution in [0.4, 0.5) is 0 Å². The van der Waals surface area contributed by atoms with Gasteiger partial charge in [-0.15, -0.1) is 0 Å². The van der Waals surface area contributed by atoms with E-state index in [1.54, 1.807) is 0 Å². The first-order valence-electron chi connectivity index (χ1n) is 6.84. The summed E-state index contributed by atoms with van der Waals surface area (Å²) in [7, 11) is 2.21. The normalized spacial score (nSPS) is 27.7. The average Bonchev–Trinajstić information content (AvgIpc) is 2.35. The molecule has 2 aliphatic heterocycles. The Morgan fingerprint density at radius 2 is 2.11 bits per heavy atom. The number of ether oxygens (including phenoxy) is 1. The van der Waals surface area contributed by atoms with Crippen LogP contribution in [-0.4, -0.2) is 50.8 Å². The first-order chi connectivity index (χ1) is 8.78. The summed E-state index contributed by atoms with van der Waals surface area (Å²) >= 11 is 0. The molecule has 2 heterocycles. The molecule has 0 amide bonds. The Bertz CT molecular complexity index is 389. The monoisotopic (exact) mass is 246 g/mol. The average molecular weight is 246 g/mol. The highest BCUT2D eigenvalue weighted by Crippen LogP contribution is 2.37. The van der Waals surface area contributed by atoms with E-state index in [1.165, 1.54) is 12.0 Å². The van der Waals surface area contributed by atoms with Crippen molar-refractivity contribution in [3.63, 3.8) is 0 Å². The number of nitrogens with zero attached hydrogens (tertiary/aromatic N) is 1. The van der Waals surface area contributed by atoms with Crippen LogP contribution < -0.4 is 5.32 Å². The van der Waals surface area contributed by atoms with Gasteiger partial charge in [-0.05, 0) is 19.0 Å². The third-order valence-electron chi connectivity index (χ3n) is 4.24. The van der Waals surface area contributed by atoms with E-state index >= 15 is 0 Å². The van der Waals surface area contributed by atoms with E-state index in [9.17, 15) is 0 Å². The molecule has 3 heteroatoms. The van der Waals surface area contributed by atoms with Crippen LogP contribution in [0.1, 0.15) is 12.0 Å². The van der Waals surface area contributed by atoms with Crippen molar-refractivity contribution in [3.05, 3.63) is 35.9 Å². The number of nitrogens with one attached hydrogen (secondary N) is 1. The van der Waals surface area contributed by atoms with Crippen molar-refractivity contribution < 1.29 is 4.74 Å². The van der Waals surface area contributed by atoms with Crippen molar-refractivity contribution in [2.24, 2.45) is 0 Å². The second-order valence-corrected chi connectivity index (χ2v) is 5.76. The molecule has 2 aliphatic rings. The number of piperazine rings is 1. The fourth-order valence-electron chi connectivity index (χ4n) is 3.14. The molecule has 1 N–H and O–H groups in total. The van der Waals surface area contributed by atoms with Crippen LogP contribution in [0.5, 0.6) is 0 Å². The number of benzene rings is 1. The van der Waals surface area contributed by atoms with E-state index in [0.717, 1.165) is 32.8 Å². The molecule has 18 heavy (non-hydrogen) atoms. The van der Waals surface area contributed by atoms with Gasteiger partial charge < -0.3 is 15.0 Å². The Morgan fingerprint density at radius 1 is 1.33 bits per heavy atom. The van der Waals surface area contributed by atoms with Gasteiger partial charge in [0, 0.05) is 31.1 Å². The van der Waals surface area contributed by atoms with Crippen molar-refractivity contribution in [3.8, 4) is 0 Å². The van der Waals surface area contributed by atoms with Gasteiger partial charge in [0.15, 0.2) is 0 Å². The summed E-state index contributed by atoms with van der Waals surface area (Å²) in [5, 5.41) is 3.65. The van der Waals surface area contributed by atoms with Gasteiger partial charge in [0.2, 0.25) is 0 Å². The predicted octanol–water partition coefficient (Wildman–Crippen LogP) is 1.25. The minimum Gasteiger partial charge on any atom is -0.379 e. The molecule has 0 aliphatic carbocycles. The molecule has 98 valence electrons. The van der Waals surface area contributed by atoms with Crippen LogP contribution in [0.2, 0.25) is 0 Å². The molecule has 0 spiro atoms. The number of rotatable bonds is 3. The van der Waals surface area contributed by atoms with Gasteiger partial charge in [-0.1, -0.05) is 30.3 Å². The molecule has 0 saturated carbocycles. The zero-order valence-corrected chi connectivity index (χ0v) is 11.1. The smallest absolute Gasteiger partial charge is 0.0586 e. The predicted molar refractivity (Wildman–Crippen MR) is 72.8 cm³/mol. The zero-order valence-electron chi connectivity index (χ0n) is 11.1. The summed E-state index contributed by atoms with van der Waals surface area (Å²) < 4.78 is 5.52. The van der Waals surface area contributed by atoms with Crippen LogP contribution in [0.15, 0.2) is 30.3 Å². The maximum absolute atomic E-state index is 5.52. The number of hydrogen-bond donors (Lipinski definition) is 1. The summed E-state index contributed by atoms with van der Waals surface area (Å²) in [6.07, 6.45) is 1.18. The highest BCUT2D eigenvalue weighted by molar-refractivity contribution is 5.28. The lowest BCUT2D eigenvalue weighted by Crippen LogP contribution is -2.56. The molecule has 0 aromatic heterocycles. The maximum Gasteiger partial charge on any atom is 0.0586 e. The van der Waals surface area contributed by atoms with E-state index in [1.807, 2.05) is 0 Å². The Morgan fingerprint density at radius 3 is 2.72 bits per heavy atom. The van der Waals surface area contributed by atoms with Gasteiger partial charge in [-0.3, -0.25) is 0 Å². The van der Waals surface area contributed by atoms with Gasteiger partial charge in [0.25, 0.3) is 0 Å². The van der Waals surface area contributed by atoms with E-state index in [-0.39, 0.29) is 5.41 Å². The second kappa shape index (κ2) is 5.00. The van der Waals surface area contributed by atoms with Crippen LogP contribution in [0.25, 0.3) is 0 Å². The molecule has 2 saturated heterocycles. The summed E-state index contributed by atoms with van der Waals surface area (Å²) in [5.41, 5.74) is 1.68. The Labute approximate surface area is 109 Å². The summed E-state index contributed by atoms with van der Waals surface area (Å²) in [5.74, 6) is 0. The van der Waals surface area contributed by atoms with Crippen LogP contribution in [0, 0.1) is 0 Å². The first kappa shape index (κ1) is 12.2. The summed E-state index contributed by atoms with van der Waals surface area (Å²) in [4.78, 5) is 2.42. The lowest BCUT2D eigenvalue weighted by atomic mass is 9.73. The molecular formula is C15H22N2O. The lowest BCUT2D eigenvalue weighted by Gasteiger charge is -2.45. The third-order valence-corrected chi connectivity index (χ3v) is 4.24. The van der Waals surface area contributed by atoms with Crippen LogP contribution >= 0.6 is 0 Å². The Kier molecular flexibility index (Phi) is 3.37.